The molecule has 1 N–H and O–H groups in total. The molecule has 0 aromatic rings. The Balaban J connectivity index is 2.16. The number of carbonyl (C=O) groups excluding carboxylic acids is 1. The fraction of sp³-hybridized carbons (Fsp3) is 0.875. The summed E-state index contributed by atoms with van der Waals surface area (Å²) in [7, 11) is 0. The number of aliphatic hydroxyl groups excluding tert-OH is 1. The molecule has 1 amide bonds. The van der Waals surface area contributed by atoms with E-state index in [1.807, 2.05) is 0 Å². The van der Waals surface area contributed by atoms with Gasteiger partial charge in [-0.15, -0.1) is 0 Å². The minimum Gasteiger partial charge on any atom is -0.383 e. The second-order valence-electron chi connectivity index (χ2n) is 2.98. The molecular weight excluding hydrogens is 142 g/mol. The van der Waals surface area contributed by atoms with Crippen molar-refractivity contribution in [3.05, 3.63) is 0 Å². The molecule has 1 unspecified atom stereocenters. The standard InChI is InChI=1S/C8H15NO2/c1-2-3-4-7(10)8(11)9-5-6-9/h7,10H,2-6H2,1H3. The van der Waals surface area contributed by atoms with Gasteiger partial charge in [-0.05, 0) is 6.42 Å². The smallest absolute Gasteiger partial charge is 0.251 e. The van der Waals surface area contributed by atoms with Crippen LogP contribution in [0.4, 0.5) is 0 Å². The summed E-state index contributed by atoms with van der Waals surface area (Å²) in [5.41, 5.74) is 0. The average molecular weight is 157 g/mol. The summed E-state index contributed by atoms with van der Waals surface area (Å²) in [5, 5.41) is 9.27. The molecule has 1 heterocycles. The second kappa shape index (κ2) is 3.72. The second-order valence-corrected chi connectivity index (χ2v) is 2.98. The first-order valence-electron chi connectivity index (χ1n) is 4.22. The van der Waals surface area contributed by atoms with Crippen LogP contribution in [-0.4, -0.2) is 35.1 Å². The lowest BCUT2D eigenvalue weighted by Crippen LogP contribution is -2.26. The number of unbranched alkanes of at least 4 members (excludes halogenated alkanes) is 1. The van der Waals surface area contributed by atoms with Gasteiger partial charge in [-0.2, -0.15) is 0 Å². The molecule has 1 aliphatic rings. The Labute approximate surface area is 67.0 Å². The summed E-state index contributed by atoms with van der Waals surface area (Å²) < 4.78 is 0. The highest BCUT2D eigenvalue weighted by atomic mass is 16.3. The van der Waals surface area contributed by atoms with E-state index < -0.39 is 6.10 Å². The monoisotopic (exact) mass is 157 g/mol. The zero-order valence-electron chi connectivity index (χ0n) is 6.92. The van der Waals surface area contributed by atoms with E-state index in [0.717, 1.165) is 25.9 Å². The van der Waals surface area contributed by atoms with Gasteiger partial charge in [0.2, 0.25) is 0 Å². The van der Waals surface area contributed by atoms with Crippen molar-refractivity contribution in [2.24, 2.45) is 0 Å². The van der Waals surface area contributed by atoms with Crippen molar-refractivity contribution >= 4 is 5.91 Å². The SMILES string of the molecule is CCCCC(O)C(=O)N1CC1. The molecule has 11 heavy (non-hydrogen) atoms. The maximum atomic E-state index is 11.1. The van der Waals surface area contributed by atoms with Crippen LogP contribution in [0, 0.1) is 0 Å². The molecule has 0 radical (unpaired) electrons. The third-order valence-corrected chi connectivity index (χ3v) is 1.88. The molecule has 1 saturated heterocycles. The third kappa shape index (κ3) is 2.50. The molecule has 0 aromatic carbocycles. The Hall–Kier alpha value is -0.570. The number of hydrogen-bond donors (Lipinski definition) is 1. The van der Waals surface area contributed by atoms with E-state index in [-0.39, 0.29) is 5.91 Å². The summed E-state index contributed by atoms with van der Waals surface area (Å²) >= 11 is 0. The molecule has 1 fully saturated rings. The van der Waals surface area contributed by atoms with Gasteiger partial charge in [0.1, 0.15) is 6.10 Å². The number of rotatable bonds is 4. The lowest BCUT2D eigenvalue weighted by atomic mass is 10.1. The van der Waals surface area contributed by atoms with Gasteiger partial charge in [0, 0.05) is 13.1 Å². The van der Waals surface area contributed by atoms with Crippen molar-refractivity contribution in [1.29, 1.82) is 0 Å². The van der Waals surface area contributed by atoms with Crippen molar-refractivity contribution in [3.8, 4) is 0 Å². The van der Waals surface area contributed by atoms with Crippen LogP contribution < -0.4 is 0 Å². The van der Waals surface area contributed by atoms with Gasteiger partial charge in [0.05, 0.1) is 0 Å². The van der Waals surface area contributed by atoms with Crippen LogP contribution in [0.1, 0.15) is 26.2 Å². The van der Waals surface area contributed by atoms with E-state index in [1.165, 1.54) is 0 Å². The molecular formula is C8H15NO2. The largest absolute Gasteiger partial charge is 0.383 e. The molecule has 1 aliphatic heterocycles. The van der Waals surface area contributed by atoms with E-state index >= 15 is 0 Å². The van der Waals surface area contributed by atoms with E-state index in [1.54, 1.807) is 4.90 Å². The van der Waals surface area contributed by atoms with Crippen LogP contribution in [0.15, 0.2) is 0 Å². The van der Waals surface area contributed by atoms with Crippen LogP contribution in [0.25, 0.3) is 0 Å². The van der Waals surface area contributed by atoms with Crippen LogP contribution in [0.2, 0.25) is 0 Å². The summed E-state index contributed by atoms with van der Waals surface area (Å²) in [4.78, 5) is 12.8. The Kier molecular flexibility index (Phi) is 2.88. The predicted octanol–water partition coefficient (Wildman–Crippen LogP) is 0.380. The fourth-order valence-corrected chi connectivity index (χ4v) is 1.00. The van der Waals surface area contributed by atoms with Gasteiger partial charge >= 0.3 is 0 Å². The van der Waals surface area contributed by atoms with Crippen molar-refractivity contribution in [2.75, 3.05) is 13.1 Å². The summed E-state index contributed by atoms with van der Waals surface area (Å²) in [6, 6.07) is 0. The highest BCUT2D eigenvalue weighted by molar-refractivity contribution is 5.82. The maximum Gasteiger partial charge on any atom is 0.251 e. The number of carbonyl (C=O) groups is 1. The molecule has 1 rings (SSSR count). The van der Waals surface area contributed by atoms with Crippen molar-refractivity contribution < 1.29 is 9.90 Å². The number of hydrogen-bond acceptors (Lipinski definition) is 2. The fourth-order valence-electron chi connectivity index (χ4n) is 1.00. The summed E-state index contributed by atoms with van der Waals surface area (Å²) in [6.45, 7) is 3.72. The summed E-state index contributed by atoms with van der Waals surface area (Å²) in [5.74, 6) is -0.0848. The summed E-state index contributed by atoms with van der Waals surface area (Å²) in [6.07, 6.45) is 1.84. The zero-order valence-corrected chi connectivity index (χ0v) is 6.92. The number of aliphatic hydroxyl groups is 1. The topological polar surface area (TPSA) is 40.3 Å². The van der Waals surface area contributed by atoms with Crippen LogP contribution in [0.5, 0.6) is 0 Å². The number of amides is 1. The predicted molar refractivity (Wildman–Crippen MR) is 42.1 cm³/mol. The lowest BCUT2D eigenvalue weighted by Gasteiger charge is -2.08. The minimum absolute atomic E-state index is 0.0848. The normalized spacial score (nSPS) is 18.2. The van der Waals surface area contributed by atoms with Gasteiger partial charge in [-0.1, -0.05) is 19.8 Å². The first-order chi connectivity index (χ1) is 5.25. The van der Waals surface area contributed by atoms with Crippen LogP contribution in [-0.2, 0) is 4.79 Å². The Morgan fingerprint density at radius 1 is 1.64 bits per heavy atom. The maximum absolute atomic E-state index is 11.1. The first-order valence-corrected chi connectivity index (χ1v) is 4.22. The third-order valence-electron chi connectivity index (χ3n) is 1.88. The molecule has 3 heteroatoms. The highest BCUT2D eigenvalue weighted by Gasteiger charge is 2.28. The van der Waals surface area contributed by atoms with Crippen molar-refractivity contribution in [2.45, 2.75) is 32.3 Å². The quantitative estimate of drug-likeness (QED) is 0.599. The van der Waals surface area contributed by atoms with Crippen molar-refractivity contribution in [1.82, 2.24) is 4.90 Å². The Bertz CT molecular complexity index is 143. The Morgan fingerprint density at radius 2 is 2.27 bits per heavy atom. The van der Waals surface area contributed by atoms with Crippen LogP contribution in [0.3, 0.4) is 0 Å². The van der Waals surface area contributed by atoms with Gasteiger partial charge in [-0.25, -0.2) is 0 Å². The van der Waals surface area contributed by atoms with Gasteiger partial charge in [0.25, 0.3) is 5.91 Å². The molecule has 1 atom stereocenters. The molecule has 0 bridgehead atoms. The minimum atomic E-state index is -0.738. The van der Waals surface area contributed by atoms with Gasteiger partial charge < -0.3 is 10.0 Å². The Morgan fingerprint density at radius 3 is 2.73 bits per heavy atom. The molecule has 0 saturated carbocycles. The van der Waals surface area contributed by atoms with E-state index in [4.69, 9.17) is 0 Å². The van der Waals surface area contributed by atoms with Gasteiger partial charge in [0.15, 0.2) is 0 Å². The van der Waals surface area contributed by atoms with E-state index in [0.29, 0.717) is 6.42 Å². The molecule has 0 spiro atoms. The molecule has 0 aromatic heterocycles. The number of nitrogens with zero attached hydrogens (tertiary/aromatic N) is 1. The van der Waals surface area contributed by atoms with Gasteiger partial charge in [-0.3, -0.25) is 4.79 Å². The van der Waals surface area contributed by atoms with E-state index in [2.05, 4.69) is 6.92 Å². The zero-order chi connectivity index (χ0) is 8.27. The average Bonchev–Trinajstić information content (AvgIpc) is 2.81. The van der Waals surface area contributed by atoms with E-state index in [9.17, 15) is 9.90 Å². The lowest BCUT2D eigenvalue weighted by molar-refractivity contribution is -0.134. The molecule has 64 valence electrons. The van der Waals surface area contributed by atoms with Crippen LogP contribution >= 0.6 is 0 Å². The molecule has 3 nitrogen and oxygen atoms in total. The highest BCUT2D eigenvalue weighted by Crippen LogP contribution is 2.10. The van der Waals surface area contributed by atoms with Crippen molar-refractivity contribution in [3.63, 3.8) is 0 Å². The molecule has 0 aliphatic carbocycles. The first kappa shape index (κ1) is 8.53.